The van der Waals surface area contributed by atoms with Crippen LogP contribution in [0, 0.1) is 17.8 Å². The van der Waals surface area contributed by atoms with E-state index in [4.69, 9.17) is 9.47 Å². The van der Waals surface area contributed by atoms with Gasteiger partial charge in [0.25, 0.3) is 0 Å². The van der Waals surface area contributed by atoms with E-state index in [9.17, 15) is 4.79 Å². The fraction of sp³-hybridized carbons (Fsp3) is 0.682. The highest BCUT2D eigenvalue weighted by Gasteiger charge is 2.51. The largest absolute Gasteiger partial charge is 0.497 e. The Kier molecular flexibility index (Phi) is 5.32. The summed E-state index contributed by atoms with van der Waals surface area (Å²) in [6, 6.07) is 5.59. The summed E-state index contributed by atoms with van der Waals surface area (Å²) in [7, 11) is 3.31. The van der Waals surface area contributed by atoms with Gasteiger partial charge in [-0.15, -0.1) is 11.8 Å². The van der Waals surface area contributed by atoms with Crippen molar-refractivity contribution in [2.75, 3.05) is 20.0 Å². The molecule has 4 fully saturated rings. The molecule has 27 heavy (non-hydrogen) atoms. The standard InChI is InChI=1S/C22H31NO3S/c1-14(19-9-18(25-2)4-5-20(19)26-3)23-21(24)13-27-22-10-15-6-16(11-22)8-17(7-15)12-22/h4-5,9,14-17H,6-8,10-13H2,1-3H3,(H,23,24)/t14-,15?,16?,17?,22?/m0/s1. The minimum Gasteiger partial charge on any atom is -0.497 e. The Balaban J connectivity index is 1.36. The van der Waals surface area contributed by atoms with Crippen LogP contribution in [0.25, 0.3) is 0 Å². The Morgan fingerprint density at radius 1 is 1.15 bits per heavy atom. The molecule has 0 aliphatic heterocycles. The first-order chi connectivity index (χ1) is 13.0. The normalized spacial score (nSPS) is 32.2. The molecule has 5 rings (SSSR count). The Hall–Kier alpha value is -1.36. The van der Waals surface area contributed by atoms with Crippen molar-refractivity contribution in [1.29, 1.82) is 0 Å². The molecule has 0 aromatic heterocycles. The van der Waals surface area contributed by atoms with Crippen molar-refractivity contribution in [3.05, 3.63) is 23.8 Å². The maximum atomic E-state index is 12.7. The third-order valence-electron chi connectivity index (χ3n) is 6.77. The molecule has 1 aromatic carbocycles. The smallest absolute Gasteiger partial charge is 0.230 e. The minimum absolute atomic E-state index is 0.112. The van der Waals surface area contributed by atoms with E-state index in [0.29, 0.717) is 10.5 Å². The van der Waals surface area contributed by atoms with E-state index in [0.717, 1.165) is 34.8 Å². The fourth-order valence-electron chi connectivity index (χ4n) is 5.97. The lowest BCUT2D eigenvalue weighted by molar-refractivity contribution is -0.119. The van der Waals surface area contributed by atoms with Crippen LogP contribution < -0.4 is 14.8 Å². The van der Waals surface area contributed by atoms with Gasteiger partial charge in [-0.25, -0.2) is 0 Å². The van der Waals surface area contributed by atoms with Crippen LogP contribution >= 0.6 is 11.8 Å². The van der Waals surface area contributed by atoms with Gasteiger partial charge in [-0.05, 0) is 81.4 Å². The van der Waals surface area contributed by atoms with Crippen LogP contribution in [-0.2, 0) is 4.79 Å². The maximum Gasteiger partial charge on any atom is 0.230 e. The molecule has 1 aromatic rings. The molecule has 4 saturated carbocycles. The number of rotatable bonds is 7. The molecule has 4 aliphatic rings. The zero-order valence-corrected chi connectivity index (χ0v) is 17.4. The number of carbonyl (C=O) groups is 1. The van der Waals surface area contributed by atoms with Gasteiger partial charge in [0.1, 0.15) is 11.5 Å². The summed E-state index contributed by atoms with van der Waals surface area (Å²) in [5, 5.41) is 3.16. The van der Waals surface area contributed by atoms with Gasteiger partial charge in [0.05, 0.1) is 26.0 Å². The second-order valence-corrected chi connectivity index (χ2v) is 10.2. The van der Waals surface area contributed by atoms with E-state index in [1.165, 1.54) is 38.5 Å². The molecule has 4 nitrogen and oxygen atoms in total. The summed E-state index contributed by atoms with van der Waals surface area (Å²) < 4.78 is 11.2. The van der Waals surface area contributed by atoms with E-state index in [-0.39, 0.29) is 11.9 Å². The zero-order valence-electron chi connectivity index (χ0n) is 16.6. The molecule has 0 radical (unpaired) electrons. The summed E-state index contributed by atoms with van der Waals surface area (Å²) in [5.41, 5.74) is 0.949. The van der Waals surface area contributed by atoms with E-state index >= 15 is 0 Å². The van der Waals surface area contributed by atoms with Crippen LogP contribution in [0.2, 0.25) is 0 Å². The van der Waals surface area contributed by atoms with Gasteiger partial charge in [0, 0.05) is 10.3 Å². The second-order valence-electron chi connectivity index (χ2n) is 8.79. The second kappa shape index (κ2) is 7.57. The Morgan fingerprint density at radius 2 is 1.78 bits per heavy atom. The topological polar surface area (TPSA) is 47.6 Å². The van der Waals surface area contributed by atoms with Gasteiger partial charge in [0.15, 0.2) is 0 Å². The summed E-state index contributed by atoms with van der Waals surface area (Å²) in [6.45, 7) is 2.00. The van der Waals surface area contributed by atoms with Crippen molar-refractivity contribution in [1.82, 2.24) is 5.32 Å². The number of hydrogen-bond acceptors (Lipinski definition) is 4. The number of methoxy groups -OCH3 is 2. The molecule has 1 amide bonds. The first kappa shape index (κ1) is 19.0. The van der Waals surface area contributed by atoms with Gasteiger partial charge in [-0.2, -0.15) is 0 Å². The molecule has 4 bridgehead atoms. The number of ether oxygens (including phenoxy) is 2. The third kappa shape index (κ3) is 3.94. The first-order valence-electron chi connectivity index (χ1n) is 10.2. The molecular formula is C22H31NO3S. The van der Waals surface area contributed by atoms with Crippen LogP contribution in [0.15, 0.2) is 18.2 Å². The quantitative estimate of drug-likeness (QED) is 0.741. The molecule has 0 spiro atoms. The lowest BCUT2D eigenvalue weighted by Gasteiger charge is -2.56. The number of benzene rings is 1. The lowest BCUT2D eigenvalue weighted by atomic mass is 9.56. The van der Waals surface area contributed by atoms with E-state index in [1.54, 1.807) is 14.2 Å². The molecule has 0 unspecified atom stereocenters. The Bertz CT molecular complexity index is 670. The summed E-state index contributed by atoms with van der Waals surface area (Å²) in [6.07, 6.45) is 8.32. The maximum absolute atomic E-state index is 12.7. The Labute approximate surface area is 166 Å². The van der Waals surface area contributed by atoms with E-state index in [2.05, 4.69) is 5.32 Å². The van der Waals surface area contributed by atoms with Crippen LogP contribution in [0.4, 0.5) is 0 Å². The number of hydrogen-bond donors (Lipinski definition) is 1. The van der Waals surface area contributed by atoms with Crippen molar-refractivity contribution in [2.24, 2.45) is 17.8 Å². The minimum atomic E-state index is -0.112. The van der Waals surface area contributed by atoms with Crippen LogP contribution in [0.3, 0.4) is 0 Å². The van der Waals surface area contributed by atoms with Gasteiger partial charge >= 0.3 is 0 Å². The van der Waals surface area contributed by atoms with Crippen molar-refractivity contribution in [2.45, 2.75) is 56.2 Å². The summed E-state index contributed by atoms with van der Waals surface area (Å²) >= 11 is 1.93. The van der Waals surface area contributed by atoms with Gasteiger partial charge in [-0.1, -0.05) is 0 Å². The average molecular weight is 390 g/mol. The molecule has 1 N–H and O–H groups in total. The molecular weight excluding hydrogens is 358 g/mol. The third-order valence-corrected chi connectivity index (χ3v) is 8.29. The summed E-state index contributed by atoms with van der Waals surface area (Å²) in [4.78, 5) is 12.7. The molecule has 148 valence electrons. The van der Waals surface area contributed by atoms with Crippen molar-refractivity contribution in [3.8, 4) is 11.5 Å². The highest BCUT2D eigenvalue weighted by molar-refractivity contribution is 8.01. The Morgan fingerprint density at radius 3 is 2.33 bits per heavy atom. The first-order valence-corrected chi connectivity index (χ1v) is 11.1. The predicted molar refractivity (Wildman–Crippen MR) is 109 cm³/mol. The molecule has 0 saturated heterocycles. The predicted octanol–water partition coefficient (Wildman–Crippen LogP) is 4.58. The van der Waals surface area contributed by atoms with Gasteiger partial charge in [-0.3, -0.25) is 4.79 Å². The van der Waals surface area contributed by atoms with E-state index < -0.39 is 0 Å². The molecule has 4 aliphatic carbocycles. The number of thioether (sulfide) groups is 1. The van der Waals surface area contributed by atoms with Crippen LogP contribution in [-0.4, -0.2) is 30.6 Å². The van der Waals surface area contributed by atoms with Gasteiger partial charge in [0.2, 0.25) is 5.91 Å². The zero-order chi connectivity index (χ0) is 19.0. The molecule has 5 heteroatoms. The van der Waals surface area contributed by atoms with Crippen molar-refractivity contribution >= 4 is 17.7 Å². The SMILES string of the molecule is COc1ccc(OC)c([C@H](C)NC(=O)CSC23CC4CC(CC(C4)C2)C3)c1. The number of amides is 1. The average Bonchev–Trinajstić information content (AvgIpc) is 2.65. The fourth-order valence-corrected chi connectivity index (χ4v) is 7.55. The molecule has 0 heterocycles. The molecule has 1 atom stereocenters. The van der Waals surface area contributed by atoms with Crippen LogP contribution in [0.1, 0.15) is 57.1 Å². The van der Waals surface area contributed by atoms with Crippen molar-refractivity contribution < 1.29 is 14.3 Å². The summed E-state index contributed by atoms with van der Waals surface area (Å²) in [5.74, 6) is 4.99. The van der Waals surface area contributed by atoms with Gasteiger partial charge < -0.3 is 14.8 Å². The lowest BCUT2D eigenvalue weighted by Crippen LogP contribution is -2.49. The monoisotopic (exact) mass is 389 g/mol. The van der Waals surface area contributed by atoms with E-state index in [1.807, 2.05) is 36.9 Å². The number of carbonyl (C=O) groups excluding carboxylic acids is 1. The van der Waals surface area contributed by atoms with Crippen LogP contribution in [0.5, 0.6) is 11.5 Å². The van der Waals surface area contributed by atoms with Crippen molar-refractivity contribution in [3.63, 3.8) is 0 Å². The highest BCUT2D eigenvalue weighted by Crippen LogP contribution is 2.60. The highest BCUT2D eigenvalue weighted by atomic mass is 32.2. The number of nitrogens with one attached hydrogen (secondary N) is 1.